The average Bonchev–Trinajstić information content (AvgIpc) is 2.96. The summed E-state index contributed by atoms with van der Waals surface area (Å²) in [7, 11) is 0. The highest BCUT2D eigenvalue weighted by molar-refractivity contribution is 7.09. The minimum atomic E-state index is 0.204. The Morgan fingerprint density at radius 2 is 2.10 bits per heavy atom. The highest BCUT2D eigenvalue weighted by Crippen LogP contribution is 2.40. The van der Waals surface area contributed by atoms with Crippen LogP contribution in [0.3, 0.4) is 0 Å². The van der Waals surface area contributed by atoms with Crippen molar-refractivity contribution in [3.05, 3.63) is 38.6 Å². The van der Waals surface area contributed by atoms with E-state index in [1.54, 1.807) is 18.2 Å². The average molecular weight is 326 g/mol. The molecule has 2 heterocycles. The van der Waals surface area contributed by atoms with Gasteiger partial charge >= 0.3 is 0 Å². The molecule has 0 atom stereocenters. The molecule has 1 aromatic carbocycles. The number of benzene rings is 1. The SMILES string of the molecule is Cc1nc(-c2noc(N)c2-c2ccc(Cl)cc2Cl)cs1. The molecule has 4 nitrogen and oxygen atoms in total. The largest absolute Gasteiger partial charge is 0.367 e. The first kappa shape index (κ1) is 13.4. The van der Waals surface area contributed by atoms with E-state index >= 15 is 0 Å². The van der Waals surface area contributed by atoms with Crippen LogP contribution in [0.2, 0.25) is 10.0 Å². The highest BCUT2D eigenvalue weighted by atomic mass is 35.5. The van der Waals surface area contributed by atoms with Crippen molar-refractivity contribution in [2.24, 2.45) is 0 Å². The molecule has 3 rings (SSSR count). The van der Waals surface area contributed by atoms with Gasteiger partial charge in [-0.15, -0.1) is 11.3 Å². The van der Waals surface area contributed by atoms with Crippen molar-refractivity contribution >= 4 is 40.4 Å². The van der Waals surface area contributed by atoms with Crippen molar-refractivity contribution in [1.82, 2.24) is 10.1 Å². The lowest BCUT2D eigenvalue weighted by atomic mass is 10.0. The normalized spacial score (nSPS) is 10.9. The lowest BCUT2D eigenvalue weighted by Gasteiger charge is -2.04. The second-order valence-electron chi connectivity index (χ2n) is 4.15. The number of nitrogen functional groups attached to an aromatic ring is 1. The predicted octanol–water partition coefficient (Wildman–Crippen LogP) is 4.66. The Labute approximate surface area is 129 Å². The summed E-state index contributed by atoms with van der Waals surface area (Å²) < 4.78 is 5.10. The molecule has 0 saturated carbocycles. The number of nitrogens with two attached hydrogens (primary N) is 1. The summed E-state index contributed by atoms with van der Waals surface area (Å²) in [6.45, 7) is 1.92. The number of anilines is 1. The van der Waals surface area contributed by atoms with Crippen molar-refractivity contribution < 1.29 is 4.52 Å². The lowest BCUT2D eigenvalue weighted by Crippen LogP contribution is -1.89. The van der Waals surface area contributed by atoms with E-state index in [1.807, 2.05) is 12.3 Å². The van der Waals surface area contributed by atoms with Crippen molar-refractivity contribution in [3.63, 3.8) is 0 Å². The van der Waals surface area contributed by atoms with Crippen LogP contribution in [-0.4, -0.2) is 10.1 Å². The Kier molecular flexibility index (Phi) is 3.41. The molecule has 102 valence electrons. The minimum Gasteiger partial charge on any atom is -0.367 e. The van der Waals surface area contributed by atoms with Gasteiger partial charge in [0.1, 0.15) is 11.4 Å². The van der Waals surface area contributed by atoms with Gasteiger partial charge in [0, 0.05) is 16.0 Å². The van der Waals surface area contributed by atoms with Crippen LogP contribution in [-0.2, 0) is 0 Å². The Balaban J connectivity index is 2.21. The van der Waals surface area contributed by atoms with Crippen molar-refractivity contribution in [1.29, 1.82) is 0 Å². The van der Waals surface area contributed by atoms with E-state index in [4.69, 9.17) is 33.5 Å². The summed E-state index contributed by atoms with van der Waals surface area (Å²) in [5.74, 6) is 0.204. The Morgan fingerprint density at radius 1 is 1.30 bits per heavy atom. The summed E-state index contributed by atoms with van der Waals surface area (Å²) >= 11 is 13.7. The van der Waals surface area contributed by atoms with Crippen LogP contribution < -0.4 is 5.73 Å². The zero-order valence-corrected chi connectivity index (χ0v) is 12.7. The molecule has 3 aromatic rings. The van der Waals surface area contributed by atoms with Gasteiger partial charge in [-0.25, -0.2) is 4.98 Å². The molecule has 0 spiro atoms. The van der Waals surface area contributed by atoms with Crippen molar-refractivity contribution in [2.75, 3.05) is 5.73 Å². The summed E-state index contributed by atoms with van der Waals surface area (Å²) in [5, 5.41) is 7.88. The smallest absolute Gasteiger partial charge is 0.230 e. The van der Waals surface area contributed by atoms with Gasteiger partial charge in [0.05, 0.1) is 15.6 Å². The maximum Gasteiger partial charge on any atom is 0.230 e. The second-order valence-corrected chi connectivity index (χ2v) is 6.05. The van der Waals surface area contributed by atoms with E-state index in [0.717, 1.165) is 10.6 Å². The molecule has 20 heavy (non-hydrogen) atoms. The summed E-state index contributed by atoms with van der Waals surface area (Å²) in [5.41, 5.74) is 8.53. The molecule has 2 N–H and O–H groups in total. The second kappa shape index (κ2) is 5.09. The van der Waals surface area contributed by atoms with Gasteiger partial charge in [-0.05, 0) is 19.1 Å². The molecule has 0 bridgehead atoms. The van der Waals surface area contributed by atoms with Gasteiger partial charge in [-0.3, -0.25) is 0 Å². The van der Waals surface area contributed by atoms with Crippen LogP contribution in [0, 0.1) is 6.92 Å². The van der Waals surface area contributed by atoms with Gasteiger partial charge in [-0.2, -0.15) is 0 Å². The molecule has 0 radical (unpaired) electrons. The van der Waals surface area contributed by atoms with Crippen LogP contribution in [0.25, 0.3) is 22.5 Å². The third kappa shape index (κ3) is 2.28. The zero-order valence-electron chi connectivity index (χ0n) is 10.4. The first-order chi connectivity index (χ1) is 9.56. The molecule has 7 heteroatoms. The number of thiazole rings is 1. The molecule has 0 fully saturated rings. The quantitative estimate of drug-likeness (QED) is 0.744. The fraction of sp³-hybridized carbons (Fsp3) is 0.0769. The monoisotopic (exact) mass is 325 g/mol. The van der Waals surface area contributed by atoms with Crippen LogP contribution in [0.1, 0.15) is 5.01 Å². The number of halogens is 2. The van der Waals surface area contributed by atoms with E-state index in [1.165, 1.54) is 11.3 Å². The van der Waals surface area contributed by atoms with Gasteiger partial charge in [0.15, 0.2) is 0 Å². The molecule has 0 aliphatic carbocycles. The highest BCUT2D eigenvalue weighted by Gasteiger charge is 2.21. The van der Waals surface area contributed by atoms with Crippen LogP contribution >= 0.6 is 34.5 Å². The van der Waals surface area contributed by atoms with Crippen LogP contribution in [0.15, 0.2) is 28.1 Å². The third-order valence-electron chi connectivity index (χ3n) is 2.78. The molecule has 0 saturated heterocycles. The molecule has 0 unspecified atom stereocenters. The van der Waals surface area contributed by atoms with Crippen molar-refractivity contribution in [3.8, 4) is 22.5 Å². The van der Waals surface area contributed by atoms with Gasteiger partial charge in [0.25, 0.3) is 0 Å². The maximum atomic E-state index is 6.23. The Morgan fingerprint density at radius 3 is 2.75 bits per heavy atom. The van der Waals surface area contributed by atoms with Gasteiger partial charge in [-0.1, -0.05) is 34.4 Å². The Hall–Kier alpha value is -1.56. The molecule has 0 aliphatic rings. The fourth-order valence-corrected chi connectivity index (χ4v) is 3.00. The Bertz CT molecular complexity index is 782. The van der Waals surface area contributed by atoms with E-state index in [2.05, 4.69) is 10.1 Å². The van der Waals surface area contributed by atoms with E-state index in [9.17, 15) is 0 Å². The van der Waals surface area contributed by atoms with Crippen LogP contribution in [0.5, 0.6) is 0 Å². The topological polar surface area (TPSA) is 64.9 Å². The van der Waals surface area contributed by atoms with E-state index < -0.39 is 0 Å². The standard InChI is InChI=1S/C13H9Cl2N3OS/c1-6-17-10(5-20-6)12-11(13(16)19-18-12)8-3-2-7(14)4-9(8)15/h2-5H,16H2,1H3. The number of hydrogen-bond donors (Lipinski definition) is 1. The summed E-state index contributed by atoms with van der Waals surface area (Å²) in [6.07, 6.45) is 0. The number of nitrogens with zero attached hydrogens (tertiary/aromatic N) is 2. The molecular formula is C13H9Cl2N3OS. The fourth-order valence-electron chi connectivity index (χ4n) is 1.90. The zero-order chi connectivity index (χ0) is 14.3. The first-order valence-electron chi connectivity index (χ1n) is 5.69. The van der Waals surface area contributed by atoms with Crippen LogP contribution in [0.4, 0.5) is 5.88 Å². The van der Waals surface area contributed by atoms with Gasteiger partial charge in [0.2, 0.25) is 5.88 Å². The first-order valence-corrected chi connectivity index (χ1v) is 7.33. The van der Waals surface area contributed by atoms with E-state index in [0.29, 0.717) is 27.0 Å². The third-order valence-corrected chi connectivity index (χ3v) is 4.10. The van der Waals surface area contributed by atoms with Gasteiger partial charge < -0.3 is 10.3 Å². The maximum absolute atomic E-state index is 6.23. The minimum absolute atomic E-state index is 0.204. The number of rotatable bonds is 2. The molecule has 0 aliphatic heterocycles. The summed E-state index contributed by atoms with van der Waals surface area (Å²) in [6, 6.07) is 5.18. The molecular weight excluding hydrogens is 317 g/mol. The predicted molar refractivity (Wildman–Crippen MR) is 82.2 cm³/mol. The number of aryl methyl sites for hydroxylation is 1. The summed E-state index contributed by atoms with van der Waals surface area (Å²) in [4.78, 5) is 4.40. The van der Waals surface area contributed by atoms with E-state index in [-0.39, 0.29) is 5.88 Å². The lowest BCUT2D eigenvalue weighted by molar-refractivity contribution is 0.439. The van der Waals surface area contributed by atoms with Crippen molar-refractivity contribution in [2.45, 2.75) is 6.92 Å². The number of aromatic nitrogens is 2. The molecule has 0 amide bonds. The molecule has 2 aromatic heterocycles. The number of hydrogen-bond acceptors (Lipinski definition) is 5.